The summed E-state index contributed by atoms with van der Waals surface area (Å²) in [7, 11) is -4.17. The molecule has 1 amide bonds. The van der Waals surface area contributed by atoms with Crippen LogP contribution < -0.4 is 16.2 Å². The van der Waals surface area contributed by atoms with E-state index in [2.05, 4.69) is 0 Å². The smallest absolute Gasteiger partial charge is 0.273 e. The number of amides is 1. The number of benzene rings is 1. The van der Waals surface area contributed by atoms with Crippen molar-refractivity contribution in [1.29, 1.82) is 0 Å². The minimum absolute atomic E-state index is 0. The van der Waals surface area contributed by atoms with Crippen molar-refractivity contribution >= 4 is 28.3 Å². The lowest BCUT2D eigenvalue weighted by molar-refractivity contribution is 0.0170. The monoisotopic (exact) mass is 343 g/mol. The minimum Gasteiger partial charge on any atom is -0.366 e. The number of sulfonamides is 1. The SMILES string of the molecule is Cc1ccc(S(=O)(=O)NCC(F)(F)CN)cc1C(N)=O.Cl. The van der Waals surface area contributed by atoms with E-state index in [4.69, 9.17) is 11.5 Å². The normalized spacial score (nSPS) is 11.8. The highest BCUT2D eigenvalue weighted by Gasteiger charge is 2.29. The highest BCUT2D eigenvalue weighted by atomic mass is 35.5. The average molecular weight is 344 g/mol. The van der Waals surface area contributed by atoms with E-state index in [1.54, 1.807) is 11.6 Å². The van der Waals surface area contributed by atoms with Gasteiger partial charge < -0.3 is 11.5 Å². The summed E-state index contributed by atoms with van der Waals surface area (Å²) in [6.07, 6.45) is 0. The molecule has 0 radical (unpaired) electrons. The number of aryl methyl sites for hydroxylation is 1. The van der Waals surface area contributed by atoms with Crippen molar-refractivity contribution < 1.29 is 22.0 Å². The van der Waals surface area contributed by atoms with Gasteiger partial charge in [0.1, 0.15) is 0 Å². The van der Waals surface area contributed by atoms with Crippen molar-refractivity contribution in [1.82, 2.24) is 4.72 Å². The van der Waals surface area contributed by atoms with Gasteiger partial charge in [0, 0.05) is 5.56 Å². The van der Waals surface area contributed by atoms with Crippen LogP contribution in [-0.4, -0.2) is 33.3 Å². The fourth-order valence-corrected chi connectivity index (χ4v) is 2.48. The Bertz CT molecular complexity index is 623. The van der Waals surface area contributed by atoms with Crippen molar-refractivity contribution in [2.75, 3.05) is 13.1 Å². The second-order valence-electron chi connectivity index (χ2n) is 4.23. The third kappa shape index (κ3) is 5.20. The molecule has 1 aromatic rings. The molecule has 0 unspecified atom stereocenters. The van der Waals surface area contributed by atoms with Gasteiger partial charge in [0.2, 0.25) is 15.9 Å². The van der Waals surface area contributed by atoms with Crippen molar-refractivity contribution in [3.05, 3.63) is 29.3 Å². The zero-order chi connectivity index (χ0) is 15.6. The van der Waals surface area contributed by atoms with E-state index in [1.807, 2.05) is 0 Å². The van der Waals surface area contributed by atoms with Gasteiger partial charge in [0.25, 0.3) is 5.92 Å². The molecular weight excluding hydrogens is 328 g/mol. The number of nitrogens with one attached hydrogen (secondary N) is 1. The Labute approximate surface area is 127 Å². The van der Waals surface area contributed by atoms with E-state index in [9.17, 15) is 22.0 Å². The van der Waals surface area contributed by atoms with Gasteiger partial charge in [-0.1, -0.05) is 6.07 Å². The average Bonchev–Trinajstić information content (AvgIpc) is 2.36. The van der Waals surface area contributed by atoms with Crippen LogP contribution in [-0.2, 0) is 10.0 Å². The van der Waals surface area contributed by atoms with Crippen LogP contribution in [0.2, 0.25) is 0 Å². The van der Waals surface area contributed by atoms with Crippen LogP contribution in [0.1, 0.15) is 15.9 Å². The van der Waals surface area contributed by atoms with Gasteiger partial charge in [0.15, 0.2) is 0 Å². The quantitative estimate of drug-likeness (QED) is 0.692. The molecule has 0 saturated carbocycles. The van der Waals surface area contributed by atoms with Gasteiger partial charge in [-0.05, 0) is 24.6 Å². The lowest BCUT2D eigenvalue weighted by Gasteiger charge is -2.15. The second kappa shape index (κ2) is 7.12. The fraction of sp³-hybridized carbons (Fsp3) is 0.364. The highest BCUT2D eigenvalue weighted by Crippen LogP contribution is 2.16. The van der Waals surface area contributed by atoms with Crippen molar-refractivity contribution in [3.8, 4) is 0 Å². The molecule has 0 fully saturated rings. The molecule has 5 N–H and O–H groups in total. The third-order valence-electron chi connectivity index (χ3n) is 2.60. The molecule has 0 aliphatic carbocycles. The first kappa shape index (κ1) is 19.7. The van der Waals surface area contributed by atoms with Gasteiger partial charge in [-0.25, -0.2) is 21.9 Å². The summed E-state index contributed by atoms with van der Waals surface area (Å²) in [6, 6.07) is 3.61. The predicted octanol–water partition coefficient (Wildman–Crippen LogP) is 0.388. The summed E-state index contributed by atoms with van der Waals surface area (Å²) in [5, 5.41) is 0. The number of primary amides is 1. The number of halogens is 3. The molecule has 1 aromatic carbocycles. The Morgan fingerprint density at radius 1 is 1.38 bits per heavy atom. The number of hydrogen-bond acceptors (Lipinski definition) is 4. The van der Waals surface area contributed by atoms with Crippen molar-refractivity contribution in [2.45, 2.75) is 17.7 Å². The molecule has 10 heteroatoms. The van der Waals surface area contributed by atoms with E-state index in [0.717, 1.165) is 6.07 Å². The first-order valence-corrected chi connectivity index (χ1v) is 7.05. The third-order valence-corrected chi connectivity index (χ3v) is 4.00. The molecule has 0 heterocycles. The van der Waals surface area contributed by atoms with Gasteiger partial charge >= 0.3 is 0 Å². The second-order valence-corrected chi connectivity index (χ2v) is 5.99. The van der Waals surface area contributed by atoms with E-state index in [0.29, 0.717) is 5.56 Å². The number of alkyl halides is 2. The highest BCUT2D eigenvalue weighted by molar-refractivity contribution is 7.89. The molecule has 6 nitrogen and oxygen atoms in total. The van der Waals surface area contributed by atoms with Crippen LogP contribution in [0.15, 0.2) is 23.1 Å². The Kier molecular flexibility index (Phi) is 6.68. The molecular formula is C11H16ClF2N3O3S. The zero-order valence-electron chi connectivity index (χ0n) is 11.1. The summed E-state index contributed by atoms with van der Waals surface area (Å²) >= 11 is 0. The molecule has 0 atom stereocenters. The van der Waals surface area contributed by atoms with Gasteiger partial charge in [-0.2, -0.15) is 0 Å². The molecule has 1 rings (SSSR count). The van der Waals surface area contributed by atoms with Crippen LogP contribution in [0, 0.1) is 6.92 Å². The number of carbonyl (C=O) groups is 1. The number of rotatable bonds is 6. The molecule has 21 heavy (non-hydrogen) atoms. The van der Waals surface area contributed by atoms with E-state index >= 15 is 0 Å². The first-order valence-electron chi connectivity index (χ1n) is 5.57. The maximum Gasteiger partial charge on any atom is 0.273 e. The summed E-state index contributed by atoms with van der Waals surface area (Å²) in [6.45, 7) is -0.520. The summed E-state index contributed by atoms with van der Waals surface area (Å²) in [5.74, 6) is -4.14. The summed E-state index contributed by atoms with van der Waals surface area (Å²) in [4.78, 5) is 10.8. The van der Waals surface area contributed by atoms with Crippen LogP contribution in [0.5, 0.6) is 0 Å². The van der Waals surface area contributed by atoms with Crippen LogP contribution in [0.4, 0.5) is 8.78 Å². The zero-order valence-corrected chi connectivity index (χ0v) is 12.7. The largest absolute Gasteiger partial charge is 0.366 e. The van der Waals surface area contributed by atoms with Gasteiger partial charge in [-0.15, -0.1) is 12.4 Å². The maximum absolute atomic E-state index is 12.9. The Morgan fingerprint density at radius 2 is 1.95 bits per heavy atom. The molecule has 0 saturated heterocycles. The van der Waals surface area contributed by atoms with E-state index < -0.39 is 34.9 Å². The molecule has 120 valence electrons. The molecule has 0 bridgehead atoms. The summed E-state index contributed by atoms with van der Waals surface area (Å²) in [5.41, 5.74) is 10.4. The molecule has 0 spiro atoms. The lowest BCUT2D eigenvalue weighted by atomic mass is 10.1. The van der Waals surface area contributed by atoms with Crippen molar-refractivity contribution in [2.24, 2.45) is 11.5 Å². The topological polar surface area (TPSA) is 115 Å². The molecule has 0 aliphatic rings. The van der Waals surface area contributed by atoms with Crippen LogP contribution in [0.25, 0.3) is 0 Å². The summed E-state index contributed by atoms with van der Waals surface area (Å²) < 4.78 is 51.3. The number of carbonyl (C=O) groups excluding carboxylic acids is 1. The van der Waals surface area contributed by atoms with E-state index in [1.165, 1.54) is 12.1 Å². The predicted molar refractivity (Wildman–Crippen MR) is 76.1 cm³/mol. The van der Waals surface area contributed by atoms with E-state index in [-0.39, 0.29) is 22.9 Å². The maximum atomic E-state index is 12.9. The number of hydrogen-bond donors (Lipinski definition) is 3. The first-order chi connectivity index (χ1) is 9.09. The Balaban J connectivity index is 0.00000400. The Hall–Kier alpha value is -1.29. The number of nitrogens with two attached hydrogens (primary N) is 2. The Morgan fingerprint density at radius 3 is 2.43 bits per heavy atom. The van der Waals surface area contributed by atoms with Crippen molar-refractivity contribution in [3.63, 3.8) is 0 Å². The van der Waals surface area contributed by atoms with Gasteiger partial charge in [0.05, 0.1) is 18.0 Å². The molecule has 0 aliphatic heterocycles. The van der Waals surface area contributed by atoms with Crippen LogP contribution >= 0.6 is 12.4 Å². The molecule has 0 aromatic heterocycles. The minimum atomic E-state index is -4.17. The van der Waals surface area contributed by atoms with Crippen LogP contribution in [0.3, 0.4) is 0 Å². The fourth-order valence-electron chi connectivity index (χ4n) is 1.39. The lowest BCUT2D eigenvalue weighted by Crippen LogP contribution is -2.41. The standard InChI is InChI=1S/C11H15F2N3O3S.ClH/c1-7-2-3-8(4-9(7)10(15)17)20(18,19)16-6-11(12,13)5-14;/h2-4,16H,5-6,14H2,1H3,(H2,15,17);1H. The van der Waals surface area contributed by atoms with Gasteiger partial charge in [-0.3, -0.25) is 4.79 Å².